The van der Waals surface area contributed by atoms with Crippen molar-refractivity contribution in [2.75, 3.05) is 33.4 Å². The average molecular weight is 549 g/mol. The Kier molecular flexibility index (Phi) is 10.3. The van der Waals surface area contributed by atoms with E-state index < -0.39 is 23.6 Å². The highest BCUT2D eigenvalue weighted by molar-refractivity contribution is 5.95. The van der Waals surface area contributed by atoms with Crippen LogP contribution >= 0.6 is 0 Å². The van der Waals surface area contributed by atoms with E-state index in [9.17, 15) is 19.1 Å². The highest BCUT2D eigenvalue weighted by Crippen LogP contribution is 2.28. The van der Waals surface area contributed by atoms with Crippen LogP contribution in [-0.2, 0) is 16.0 Å². The molecule has 1 aromatic heterocycles. The molecule has 1 aliphatic heterocycles. The van der Waals surface area contributed by atoms with Crippen molar-refractivity contribution in [3.63, 3.8) is 0 Å². The Balaban J connectivity index is 1.99. The number of fused-ring (bicyclic) bond motifs is 1. The molecule has 0 spiro atoms. The van der Waals surface area contributed by atoms with Gasteiger partial charge in [-0.2, -0.15) is 0 Å². The predicted molar refractivity (Wildman–Crippen MR) is 148 cm³/mol. The number of aliphatic hydroxyl groups excluding tert-OH is 1. The van der Waals surface area contributed by atoms with E-state index in [0.29, 0.717) is 50.2 Å². The van der Waals surface area contributed by atoms with Crippen LogP contribution in [0.5, 0.6) is 0 Å². The lowest BCUT2D eigenvalue weighted by Crippen LogP contribution is -2.57. The summed E-state index contributed by atoms with van der Waals surface area (Å²) in [6.07, 6.45) is 0.939. The van der Waals surface area contributed by atoms with E-state index in [2.05, 4.69) is 4.98 Å². The predicted octanol–water partition coefficient (Wildman–Crippen LogP) is 4.71. The van der Waals surface area contributed by atoms with Gasteiger partial charge in [0.25, 0.3) is 5.91 Å². The number of likely N-dealkylation sites (tertiary alicyclic amines) is 1. The molecule has 2 aromatic rings. The number of amides is 2. The summed E-state index contributed by atoms with van der Waals surface area (Å²) in [4.78, 5) is 35.3. The number of methoxy groups -OCH3 is 1. The van der Waals surface area contributed by atoms with Crippen molar-refractivity contribution >= 4 is 23.0 Å². The van der Waals surface area contributed by atoms with E-state index in [-0.39, 0.29) is 29.6 Å². The molecule has 2 heterocycles. The summed E-state index contributed by atoms with van der Waals surface area (Å²) >= 11 is 0. The van der Waals surface area contributed by atoms with Crippen LogP contribution in [0.4, 0.5) is 9.18 Å². The Bertz CT molecular complexity index is 1130. The third kappa shape index (κ3) is 8.14. The molecule has 1 saturated heterocycles. The minimum atomic E-state index is -0.666. The summed E-state index contributed by atoms with van der Waals surface area (Å²) in [7, 11) is 1.64. The van der Waals surface area contributed by atoms with E-state index in [1.165, 1.54) is 12.1 Å². The van der Waals surface area contributed by atoms with Gasteiger partial charge >= 0.3 is 6.09 Å². The lowest BCUT2D eigenvalue weighted by atomic mass is 9.89. The quantitative estimate of drug-likeness (QED) is 0.432. The van der Waals surface area contributed by atoms with Gasteiger partial charge in [-0.3, -0.25) is 4.79 Å². The first kappa shape index (κ1) is 30.8. The van der Waals surface area contributed by atoms with Crippen molar-refractivity contribution in [3.8, 4) is 0 Å². The molecule has 1 fully saturated rings. The van der Waals surface area contributed by atoms with Gasteiger partial charge in [-0.1, -0.05) is 13.8 Å². The van der Waals surface area contributed by atoms with Crippen molar-refractivity contribution in [1.29, 1.82) is 0 Å². The van der Waals surface area contributed by atoms with Crippen LogP contribution in [-0.4, -0.2) is 87.6 Å². The number of nitrogens with zero attached hydrogens (tertiary/aromatic N) is 4. The standard InChI is InChI=1S/C29H45FN4O5/c1-19(2)16-34(23-14-21(20(3)35)17-32(18-23)28(37)39-29(4,5)6)27(36)26-31-24-11-10-22(30)15-25(24)33(26)12-8-9-13-38-7/h10-11,15,19-21,23,35H,8-9,12-14,16-18H2,1-7H3/t20?,21-,23+/m1/s1. The van der Waals surface area contributed by atoms with E-state index in [1.807, 2.05) is 34.6 Å². The molecule has 39 heavy (non-hydrogen) atoms. The first-order valence-corrected chi connectivity index (χ1v) is 13.9. The number of piperidine rings is 1. The highest BCUT2D eigenvalue weighted by atomic mass is 19.1. The van der Waals surface area contributed by atoms with Crippen molar-refractivity contribution in [3.05, 3.63) is 29.8 Å². The number of ether oxygens (including phenoxy) is 2. The molecule has 1 aromatic carbocycles. The van der Waals surface area contributed by atoms with E-state index in [1.54, 1.807) is 34.5 Å². The molecule has 218 valence electrons. The number of carbonyl (C=O) groups is 2. The number of hydrogen-bond donors (Lipinski definition) is 1. The first-order valence-electron chi connectivity index (χ1n) is 13.9. The van der Waals surface area contributed by atoms with Gasteiger partial charge in [0, 0.05) is 45.8 Å². The molecule has 1 aliphatic rings. The van der Waals surface area contributed by atoms with Gasteiger partial charge in [0.15, 0.2) is 5.82 Å². The molecule has 10 heteroatoms. The molecule has 1 N–H and O–H groups in total. The topological polar surface area (TPSA) is 97.1 Å². The fraction of sp³-hybridized carbons (Fsp3) is 0.690. The van der Waals surface area contributed by atoms with Crippen LogP contribution in [0.15, 0.2) is 18.2 Å². The van der Waals surface area contributed by atoms with Gasteiger partial charge in [-0.05, 0) is 71.1 Å². The van der Waals surface area contributed by atoms with Crippen LogP contribution in [0, 0.1) is 17.7 Å². The Labute approximate surface area is 231 Å². The summed E-state index contributed by atoms with van der Waals surface area (Å²) in [6.45, 7) is 13.4. The Morgan fingerprint density at radius 2 is 1.92 bits per heavy atom. The van der Waals surface area contributed by atoms with Crippen molar-refractivity contribution < 1.29 is 28.6 Å². The minimum Gasteiger partial charge on any atom is -0.444 e. The summed E-state index contributed by atoms with van der Waals surface area (Å²) in [5.74, 6) is -0.490. The number of aliphatic hydroxyl groups is 1. The van der Waals surface area contributed by atoms with Crippen molar-refractivity contribution in [1.82, 2.24) is 19.4 Å². The zero-order chi connectivity index (χ0) is 28.9. The molecular weight excluding hydrogens is 503 g/mol. The summed E-state index contributed by atoms with van der Waals surface area (Å²) < 4.78 is 26.8. The van der Waals surface area contributed by atoms with Gasteiger partial charge in [-0.25, -0.2) is 14.2 Å². The van der Waals surface area contributed by atoms with Crippen molar-refractivity contribution in [2.45, 2.75) is 85.1 Å². The lowest BCUT2D eigenvalue weighted by molar-refractivity contribution is -0.0151. The number of aromatic nitrogens is 2. The number of rotatable bonds is 10. The van der Waals surface area contributed by atoms with Crippen LogP contribution in [0.25, 0.3) is 11.0 Å². The molecular formula is C29H45FN4O5. The summed E-state index contributed by atoms with van der Waals surface area (Å²) in [5.41, 5.74) is 0.457. The Morgan fingerprint density at radius 3 is 2.54 bits per heavy atom. The second-order valence-electron chi connectivity index (χ2n) is 12.0. The minimum absolute atomic E-state index is 0.146. The molecule has 1 unspecified atom stereocenters. The molecule has 2 amide bonds. The van der Waals surface area contributed by atoms with Gasteiger partial charge in [0.2, 0.25) is 0 Å². The molecule has 3 atom stereocenters. The van der Waals surface area contributed by atoms with Crippen LogP contribution in [0.3, 0.4) is 0 Å². The molecule has 0 bridgehead atoms. The number of benzene rings is 1. The normalized spacial score (nSPS) is 19.0. The number of unbranched alkanes of at least 4 members (excludes halogenated alkanes) is 1. The Hall–Kier alpha value is -2.72. The molecule has 0 radical (unpaired) electrons. The molecule has 9 nitrogen and oxygen atoms in total. The maximum Gasteiger partial charge on any atom is 0.410 e. The first-order chi connectivity index (χ1) is 18.3. The van der Waals surface area contributed by atoms with Crippen LogP contribution < -0.4 is 0 Å². The zero-order valence-electron chi connectivity index (χ0n) is 24.4. The smallest absolute Gasteiger partial charge is 0.410 e. The fourth-order valence-corrected chi connectivity index (χ4v) is 5.08. The Morgan fingerprint density at radius 1 is 1.21 bits per heavy atom. The van der Waals surface area contributed by atoms with E-state index >= 15 is 0 Å². The van der Waals surface area contributed by atoms with Crippen LogP contribution in [0.1, 0.15) is 71.4 Å². The monoisotopic (exact) mass is 548 g/mol. The number of imidazole rings is 1. The largest absolute Gasteiger partial charge is 0.444 e. The zero-order valence-corrected chi connectivity index (χ0v) is 24.4. The maximum absolute atomic E-state index is 14.3. The average Bonchev–Trinajstić information content (AvgIpc) is 3.20. The molecule has 0 aliphatic carbocycles. The number of carbonyl (C=O) groups excluding carboxylic acids is 2. The highest BCUT2D eigenvalue weighted by Gasteiger charge is 2.39. The van der Waals surface area contributed by atoms with Crippen molar-refractivity contribution in [2.24, 2.45) is 11.8 Å². The maximum atomic E-state index is 14.3. The van der Waals surface area contributed by atoms with Gasteiger partial charge < -0.3 is 28.9 Å². The van der Waals surface area contributed by atoms with Gasteiger partial charge in [0.1, 0.15) is 11.4 Å². The van der Waals surface area contributed by atoms with E-state index in [0.717, 1.165) is 12.8 Å². The third-order valence-electron chi connectivity index (χ3n) is 6.94. The molecule has 0 saturated carbocycles. The number of aryl methyl sites for hydroxylation is 1. The second-order valence-corrected chi connectivity index (χ2v) is 12.0. The number of halogens is 1. The van der Waals surface area contributed by atoms with E-state index in [4.69, 9.17) is 9.47 Å². The lowest BCUT2D eigenvalue weighted by Gasteiger charge is -2.44. The SMILES string of the molecule is COCCCCn1c(C(=O)N(CC(C)C)[C@H]2C[C@@H](C(C)O)CN(C(=O)OC(C)(C)C)C2)nc2ccc(F)cc21. The van der Waals surface area contributed by atoms with Gasteiger partial charge in [0.05, 0.1) is 23.2 Å². The third-order valence-corrected chi connectivity index (χ3v) is 6.94. The second kappa shape index (κ2) is 13.1. The number of hydrogen-bond acceptors (Lipinski definition) is 6. The summed E-state index contributed by atoms with van der Waals surface area (Å²) in [6, 6.07) is 4.00. The van der Waals surface area contributed by atoms with Gasteiger partial charge in [-0.15, -0.1) is 0 Å². The fourth-order valence-electron chi connectivity index (χ4n) is 5.08. The van der Waals surface area contributed by atoms with Crippen LogP contribution in [0.2, 0.25) is 0 Å². The summed E-state index contributed by atoms with van der Waals surface area (Å²) in [5, 5.41) is 10.5. The molecule has 3 rings (SSSR count).